The van der Waals surface area contributed by atoms with E-state index in [2.05, 4.69) is 24.5 Å². The highest BCUT2D eigenvalue weighted by atomic mass is 16.5. The van der Waals surface area contributed by atoms with Gasteiger partial charge in [-0.1, -0.05) is 13.8 Å². The molecule has 0 heterocycles. The lowest BCUT2D eigenvalue weighted by molar-refractivity contribution is -0.120. The standard InChI is InChI=1S/C11H24N2O2/c1-10(2)5-4-6-13-11(14)9-12-7-8-15-3/h10,12H,4-9H2,1-3H3,(H,13,14). The molecule has 4 heteroatoms. The molecule has 0 aromatic rings. The van der Waals surface area contributed by atoms with E-state index in [-0.39, 0.29) is 5.91 Å². The summed E-state index contributed by atoms with van der Waals surface area (Å²) in [5.41, 5.74) is 0. The maximum Gasteiger partial charge on any atom is 0.233 e. The van der Waals surface area contributed by atoms with Crippen LogP contribution in [0.5, 0.6) is 0 Å². The van der Waals surface area contributed by atoms with Crippen molar-refractivity contribution in [1.29, 1.82) is 0 Å². The summed E-state index contributed by atoms with van der Waals surface area (Å²) in [6.45, 7) is 6.90. The van der Waals surface area contributed by atoms with E-state index in [0.29, 0.717) is 19.1 Å². The van der Waals surface area contributed by atoms with Gasteiger partial charge in [-0.05, 0) is 18.8 Å². The van der Waals surface area contributed by atoms with Crippen LogP contribution in [0, 0.1) is 5.92 Å². The molecule has 4 nitrogen and oxygen atoms in total. The first-order valence-corrected chi connectivity index (χ1v) is 5.63. The fraction of sp³-hybridized carbons (Fsp3) is 0.909. The van der Waals surface area contributed by atoms with Gasteiger partial charge in [-0.3, -0.25) is 4.79 Å². The summed E-state index contributed by atoms with van der Waals surface area (Å²) in [6, 6.07) is 0. The van der Waals surface area contributed by atoms with E-state index >= 15 is 0 Å². The zero-order chi connectivity index (χ0) is 11.5. The summed E-state index contributed by atoms with van der Waals surface area (Å²) in [7, 11) is 1.65. The molecule has 0 aromatic carbocycles. The lowest BCUT2D eigenvalue weighted by Crippen LogP contribution is -2.35. The molecule has 90 valence electrons. The number of carbonyl (C=O) groups is 1. The smallest absolute Gasteiger partial charge is 0.233 e. The van der Waals surface area contributed by atoms with Gasteiger partial charge in [0.15, 0.2) is 0 Å². The molecule has 0 radical (unpaired) electrons. The Morgan fingerprint density at radius 3 is 2.67 bits per heavy atom. The van der Waals surface area contributed by atoms with Gasteiger partial charge in [0.1, 0.15) is 0 Å². The molecule has 1 amide bonds. The van der Waals surface area contributed by atoms with Crippen molar-refractivity contribution in [2.24, 2.45) is 5.92 Å². The molecule has 15 heavy (non-hydrogen) atoms. The molecule has 0 aliphatic heterocycles. The molecule has 0 saturated carbocycles. The van der Waals surface area contributed by atoms with Gasteiger partial charge in [0.2, 0.25) is 5.91 Å². The van der Waals surface area contributed by atoms with Crippen molar-refractivity contribution in [2.45, 2.75) is 26.7 Å². The van der Waals surface area contributed by atoms with Gasteiger partial charge in [0.05, 0.1) is 13.2 Å². The van der Waals surface area contributed by atoms with Crippen molar-refractivity contribution in [2.75, 3.05) is 33.4 Å². The SMILES string of the molecule is COCCNCC(=O)NCCCC(C)C. The van der Waals surface area contributed by atoms with E-state index in [1.807, 2.05) is 0 Å². The average Bonchev–Trinajstić information content (AvgIpc) is 2.19. The second-order valence-corrected chi connectivity index (χ2v) is 4.06. The number of amides is 1. The minimum Gasteiger partial charge on any atom is -0.383 e. The highest BCUT2D eigenvalue weighted by Crippen LogP contribution is 2.01. The Bertz CT molecular complexity index is 161. The molecule has 0 aliphatic carbocycles. The number of methoxy groups -OCH3 is 1. The van der Waals surface area contributed by atoms with Crippen molar-refractivity contribution < 1.29 is 9.53 Å². The van der Waals surface area contributed by atoms with Crippen LogP contribution in [0.3, 0.4) is 0 Å². The molecule has 0 aromatic heterocycles. The van der Waals surface area contributed by atoms with Crippen LogP contribution < -0.4 is 10.6 Å². The maximum atomic E-state index is 11.2. The number of hydrogen-bond acceptors (Lipinski definition) is 3. The summed E-state index contributed by atoms with van der Waals surface area (Å²) in [4.78, 5) is 11.2. The summed E-state index contributed by atoms with van der Waals surface area (Å²) in [5.74, 6) is 0.775. The highest BCUT2D eigenvalue weighted by Gasteiger charge is 1.99. The van der Waals surface area contributed by atoms with E-state index < -0.39 is 0 Å². The number of nitrogens with one attached hydrogen (secondary N) is 2. The third-order valence-corrected chi connectivity index (χ3v) is 2.05. The Kier molecular flexibility index (Phi) is 9.52. The number of carbonyl (C=O) groups excluding carboxylic acids is 1. The lowest BCUT2D eigenvalue weighted by Gasteiger charge is -2.07. The van der Waals surface area contributed by atoms with Gasteiger partial charge in [-0.2, -0.15) is 0 Å². The summed E-state index contributed by atoms with van der Waals surface area (Å²) >= 11 is 0. The van der Waals surface area contributed by atoms with Crippen LogP contribution in [0.25, 0.3) is 0 Å². The Morgan fingerprint density at radius 1 is 1.33 bits per heavy atom. The number of rotatable bonds is 9. The zero-order valence-electron chi connectivity index (χ0n) is 10.1. The molecular formula is C11H24N2O2. The maximum absolute atomic E-state index is 11.2. The molecule has 0 rings (SSSR count). The van der Waals surface area contributed by atoms with Crippen LogP contribution in [0.1, 0.15) is 26.7 Å². The van der Waals surface area contributed by atoms with Crippen molar-refractivity contribution in [3.63, 3.8) is 0 Å². The second-order valence-electron chi connectivity index (χ2n) is 4.06. The van der Waals surface area contributed by atoms with Gasteiger partial charge in [0.25, 0.3) is 0 Å². The second kappa shape index (κ2) is 9.93. The van der Waals surface area contributed by atoms with E-state index in [0.717, 1.165) is 25.9 Å². The predicted octanol–water partition coefficient (Wildman–Crippen LogP) is 0.775. The minimum absolute atomic E-state index is 0.0647. The Hall–Kier alpha value is -0.610. The largest absolute Gasteiger partial charge is 0.383 e. The first kappa shape index (κ1) is 14.4. The number of hydrogen-bond donors (Lipinski definition) is 2. The summed E-state index contributed by atoms with van der Waals surface area (Å²) < 4.78 is 4.85. The van der Waals surface area contributed by atoms with Gasteiger partial charge < -0.3 is 15.4 Å². The molecular weight excluding hydrogens is 192 g/mol. The first-order valence-electron chi connectivity index (χ1n) is 5.63. The van der Waals surface area contributed by atoms with Crippen molar-refractivity contribution >= 4 is 5.91 Å². The highest BCUT2D eigenvalue weighted by molar-refractivity contribution is 5.77. The molecule has 0 aliphatic rings. The minimum atomic E-state index is 0.0647. The Morgan fingerprint density at radius 2 is 2.07 bits per heavy atom. The molecule has 0 atom stereocenters. The fourth-order valence-corrected chi connectivity index (χ4v) is 1.18. The predicted molar refractivity (Wildman–Crippen MR) is 61.8 cm³/mol. The van der Waals surface area contributed by atoms with Gasteiger partial charge in [0, 0.05) is 20.2 Å². The normalized spacial score (nSPS) is 10.7. The molecule has 0 spiro atoms. The van der Waals surface area contributed by atoms with Gasteiger partial charge in [-0.25, -0.2) is 0 Å². The molecule has 0 saturated heterocycles. The third-order valence-electron chi connectivity index (χ3n) is 2.05. The van der Waals surface area contributed by atoms with Crippen LogP contribution in [0.4, 0.5) is 0 Å². The quantitative estimate of drug-likeness (QED) is 0.560. The van der Waals surface area contributed by atoms with E-state index in [4.69, 9.17) is 4.74 Å². The Labute approximate surface area is 92.8 Å². The summed E-state index contributed by atoms with van der Waals surface area (Å²) in [5, 5.41) is 5.87. The van der Waals surface area contributed by atoms with Crippen LogP contribution in [-0.4, -0.2) is 39.3 Å². The average molecular weight is 216 g/mol. The number of ether oxygens (including phenoxy) is 1. The molecule has 0 fully saturated rings. The van der Waals surface area contributed by atoms with E-state index in [1.165, 1.54) is 0 Å². The van der Waals surface area contributed by atoms with Gasteiger partial charge in [-0.15, -0.1) is 0 Å². The third kappa shape index (κ3) is 11.3. The first-order chi connectivity index (χ1) is 7.16. The molecule has 0 unspecified atom stereocenters. The van der Waals surface area contributed by atoms with Crippen molar-refractivity contribution in [3.05, 3.63) is 0 Å². The molecule has 0 bridgehead atoms. The molecule has 2 N–H and O–H groups in total. The lowest BCUT2D eigenvalue weighted by atomic mass is 10.1. The fourth-order valence-electron chi connectivity index (χ4n) is 1.18. The Balaban J connectivity index is 3.19. The topological polar surface area (TPSA) is 50.4 Å². The van der Waals surface area contributed by atoms with Crippen molar-refractivity contribution in [1.82, 2.24) is 10.6 Å². The van der Waals surface area contributed by atoms with Crippen molar-refractivity contribution in [3.8, 4) is 0 Å². The summed E-state index contributed by atoms with van der Waals surface area (Å²) in [6.07, 6.45) is 2.22. The van der Waals surface area contributed by atoms with E-state index in [9.17, 15) is 4.79 Å². The van der Waals surface area contributed by atoms with E-state index in [1.54, 1.807) is 7.11 Å². The zero-order valence-corrected chi connectivity index (χ0v) is 10.1. The monoisotopic (exact) mass is 216 g/mol. The van der Waals surface area contributed by atoms with Crippen LogP contribution in [0.15, 0.2) is 0 Å². The van der Waals surface area contributed by atoms with Crippen LogP contribution >= 0.6 is 0 Å². The van der Waals surface area contributed by atoms with Gasteiger partial charge >= 0.3 is 0 Å². The van der Waals surface area contributed by atoms with Crippen LogP contribution in [-0.2, 0) is 9.53 Å². The van der Waals surface area contributed by atoms with Crippen LogP contribution in [0.2, 0.25) is 0 Å².